The number of urea groups is 1. The molecular formula is C14H27ClN4O3. The lowest BCUT2D eigenvalue weighted by Crippen LogP contribution is -2.55. The molecule has 1 aliphatic heterocycles. The van der Waals surface area contributed by atoms with Crippen LogP contribution in [0.4, 0.5) is 4.79 Å². The number of nitrogens with two attached hydrogens (primary N) is 1. The van der Waals surface area contributed by atoms with E-state index in [4.69, 9.17) is 5.73 Å². The smallest absolute Gasteiger partial charge is 0.326 e. The van der Waals surface area contributed by atoms with Crippen LogP contribution in [0.15, 0.2) is 0 Å². The summed E-state index contributed by atoms with van der Waals surface area (Å²) in [5, 5.41) is 2.94. The van der Waals surface area contributed by atoms with E-state index in [2.05, 4.69) is 5.32 Å². The Balaban J connectivity index is 0.00000441. The van der Waals surface area contributed by atoms with Gasteiger partial charge in [-0.3, -0.25) is 14.5 Å². The number of imide groups is 1. The van der Waals surface area contributed by atoms with Crippen molar-refractivity contribution in [2.24, 2.45) is 11.7 Å². The summed E-state index contributed by atoms with van der Waals surface area (Å²) in [4.78, 5) is 37.8. The van der Waals surface area contributed by atoms with Crippen LogP contribution in [0.3, 0.4) is 0 Å². The molecule has 1 fully saturated rings. The van der Waals surface area contributed by atoms with Gasteiger partial charge in [-0.1, -0.05) is 13.8 Å². The van der Waals surface area contributed by atoms with E-state index in [1.807, 2.05) is 20.8 Å². The largest absolute Gasteiger partial charge is 0.349 e. The zero-order valence-electron chi connectivity index (χ0n) is 13.7. The highest BCUT2D eigenvalue weighted by molar-refractivity contribution is 6.01. The van der Waals surface area contributed by atoms with Crippen LogP contribution in [0.25, 0.3) is 0 Å². The van der Waals surface area contributed by atoms with Crippen molar-refractivity contribution in [1.82, 2.24) is 15.1 Å². The van der Waals surface area contributed by atoms with Crippen molar-refractivity contribution in [3.05, 3.63) is 0 Å². The van der Waals surface area contributed by atoms with E-state index in [9.17, 15) is 14.4 Å². The third-order valence-electron chi connectivity index (χ3n) is 4.14. The number of carbonyl (C=O) groups excluding carboxylic acids is 3. The molecular weight excluding hydrogens is 308 g/mol. The summed E-state index contributed by atoms with van der Waals surface area (Å²) in [6.45, 7) is 6.68. The number of halogens is 1. The van der Waals surface area contributed by atoms with Gasteiger partial charge in [0.1, 0.15) is 6.54 Å². The third-order valence-corrected chi connectivity index (χ3v) is 4.14. The van der Waals surface area contributed by atoms with Gasteiger partial charge >= 0.3 is 6.03 Å². The van der Waals surface area contributed by atoms with Crippen molar-refractivity contribution in [2.45, 2.75) is 39.2 Å². The minimum atomic E-state index is -0.434. The molecule has 1 rings (SSSR count). The number of hydrogen-bond donors (Lipinski definition) is 2. The van der Waals surface area contributed by atoms with Gasteiger partial charge in [0, 0.05) is 26.6 Å². The van der Waals surface area contributed by atoms with Gasteiger partial charge in [-0.25, -0.2) is 4.79 Å². The fourth-order valence-electron chi connectivity index (χ4n) is 2.10. The van der Waals surface area contributed by atoms with Crippen molar-refractivity contribution >= 4 is 30.3 Å². The maximum Gasteiger partial charge on any atom is 0.326 e. The molecule has 0 radical (unpaired) electrons. The van der Waals surface area contributed by atoms with E-state index in [0.717, 1.165) is 0 Å². The van der Waals surface area contributed by atoms with Crippen LogP contribution in [0.2, 0.25) is 0 Å². The molecule has 0 bridgehead atoms. The van der Waals surface area contributed by atoms with Gasteiger partial charge in [0.05, 0.1) is 5.54 Å². The molecule has 7 nitrogen and oxygen atoms in total. The van der Waals surface area contributed by atoms with Gasteiger partial charge in [0.2, 0.25) is 11.8 Å². The first kappa shape index (κ1) is 20.7. The van der Waals surface area contributed by atoms with E-state index in [0.29, 0.717) is 13.0 Å². The number of hydrogen-bond acceptors (Lipinski definition) is 4. The van der Waals surface area contributed by atoms with Gasteiger partial charge in [0.15, 0.2) is 0 Å². The highest BCUT2D eigenvalue weighted by Crippen LogP contribution is 2.15. The summed E-state index contributed by atoms with van der Waals surface area (Å²) < 4.78 is 0. The Kier molecular flexibility index (Phi) is 7.83. The lowest BCUT2D eigenvalue weighted by molar-refractivity contribution is -0.126. The van der Waals surface area contributed by atoms with Crippen LogP contribution in [-0.4, -0.2) is 59.9 Å². The predicted molar refractivity (Wildman–Crippen MR) is 86.7 cm³/mol. The quantitative estimate of drug-likeness (QED) is 0.665. The SMILES string of the molecule is CC(C)C(C)(CN)NC(=O)CCCN1C(=O)CN(C)C1=O.Cl. The number of carbonyl (C=O) groups is 3. The second kappa shape index (κ2) is 8.33. The first-order valence-electron chi connectivity index (χ1n) is 7.28. The predicted octanol–water partition coefficient (Wildman–Crippen LogP) is 0.572. The first-order valence-corrected chi connectivity index (χ1v) is 7.28. The molecule has 0 saturated carbocycles. The molecule has 0 spiro atoms. The average molecular weight is 335 g/mol. The molecule has 0 aliphatic carbocycles. The summed E-state index contributed by atoms with van der Waals surface area (Å²) in [5.74, 6) is -0.0946. The van der Waals surface area contributed by atoms with Crippen molar-refractivity contribution in [3.63, 3.8) is 0 Å². The minimum absolute atomic E-state index is 0. The number of amides is 4. The second-order valence-electron chi connectivity index (χ2n) is 6.11. The summed E-state index contributed by atoms with van der Waals surface area (Å²) in [6.07, 6.45) is 0.721. The van der Waals surface area contributed by atoms with Crippen LogP contribution >= 0.6 is 12.4 Å². The monoisotopic (exact) mass is 334 g/mol. The van der Waals surface area contributed by atoms with E-state index >= 15 is 0 Å². The third kappa shape index (κ3) is 4.84. The van der Waals surface area contributed by atoms with Crippen molar-refractivity contribution in [2.75, 3.05) is 26.7 Å². The molecule has 1 unspecified atom stereocenters. The zero-order chi connectivity index (χ0) is 16.2. The summed E-state index contributed by atoms with van der Waals surface area (Å²) in [5.41, 5.74) is 5.28. The molecule has 22 heavy (non-hydrogen) atoms. The maximum absolute atomic E-state index is 12.0. The molecule has 0 aromatic heterocycles. The van der Waals surface area contributed by atoms with E-state index in [-0.39, 0.29) is 55.7 Å². The number of likely N-dealkylation sites (N-methyl/N-ethyl adjacent to an activating group) is 1. The molecule has 1 aliphatic rings. The molecule has 1 heterocycles. The van der Waals surface area contributed by atoms with Crippen molar-refractivity contribution < 1.29 is 14.4 Å². The van der Waals surface area contributed by atoms with Crippen LogP contribution in [0, 0.1) is 5.92 Å². The van der Waals surface area contributed by atoms with E-state index in [1.54, 1.807) is 7.05 Å². The standard InChI is InChI=1S/C14H26N4O3.ClH/c1-10(2)14(3,9-15)16-11(19)6-5-7-18-12(20)8-17(4)13(18)21;/h10H,5-9,15H2,1-4H3,(H,16,19);1H. The Morgan fingerprint density at radius 3 is 2.41 bits per heavy atom. The van der Waals surface area contributed by atoms with Crippen LogP contribution in [0.1, 0.15) is 33.6 Å². The summed E-state index contributed by atoms with van der Waals surface area (Å²) in [7, 11) is 1.59. The number of nitrogens with zero attached hydrogens (tertiary/aromatic N) is 2. The summed E-state index contributed by atoms with van der Waals surface area (Å²) in [6, 6.07) is -0.297. The van der Waals surface area contributed by atoms with E-state index < -0.39 is 5.54 Å². The fourth-order valence-corrected chi connectivity index (χ4v) is 2.10. The Hall–Kier alpha value is -1.34. The average Bonchev–Trinajstić information content (AvgIpc) is 2.64. The molecule has 0 aromatic rings. The lowest BCUT2D eigenvalue weighted by atomic mass is 9.88. The summed E-state index contributed by atoms with van der Waals surface area (Å²) >= 11 is 0. The van der Waals surface area contributed by atoms with Crippen LogP contribution < -0.4 is 11.1 Å². The van der Waals surface area contributed by atoms with Gasteiger partial charge in [0.25, 0.3) is 0 Å². The topological polar surface area (TPSA) is 95.7 Å². The fraction of sp³-hybridized carbons (Fsp3) is 0.786. The van der Waals surface area contributed by atoms with Crippen LogP contribution in [0.5, 0.6) is 0 Å². The first-order chi connectivity index (χ1) is 9.71. The Labute approximate surface area is 138 Å². The normalized spacial score (nSPS) is 17.5. The van der Waals surface area contributed by atoms with Gasteiger partial charge in [-0.05, 0) is 19.3 Å². The number of nitrogens with one attached hydrogen (secondary N) is 1. The zero-order valence-corrected chi connectivity index (χ0v) is 14.5. The van der Waals surface area contributed by atoms with Crippen LogP contribution in [-0.2, 0) is 9.59 Å². The van der Waals surface area contributed by atoms with E-state index in [1.165, 1.54) is 9.80 Å². The molecule has 4 amide bonds. The molecule has 128 valence electrons. The van der Waals surface area contributed by atoms with Crippen molar-refractivity contribution in [3.8, 4) is 0 Å². The number of rotatable bonds is 7. The van der Waals surface area contributed by atoms with Gasteiger partial charge < -0.3 is 16.0 Å². The Morgan fingerprint density at radius 1 is 1.41 bits per heavy atom. The van der Waals surface area contributed by atoms with Crippen molar-refractivity contribution in [1.29, 1.82) is 0 Å². The van der Waals surface area contributed by atoms with Gasteiger partial charge in [-0.15, -0.1) is 12.4 Å². The molecule has 0 aromatic carbocycles. The maximum atomic E-state index is 12.0. The van der Waals surface area contributed by atoms with Gasteiger partial charge in [-0.2, -0.15) is 0 Å². The molecule has 8 heteroatoms. The Morgan fingerprint density at radius 2 is 2.00 bits per heavy atom. The minimum Gasteiger partial charge on any atom is -0.349 e. The highest BCUT2D eigenvalue weighted by atomic mass is 35.5. The lowest BCUT2D eigenvalue weighted by Gasteiger charge is -2.33. The molecule has 1 saturated heterocycles. The molecule has 3 N–H and O–H groups in total. The molecule has 1 atom stereocenters. The highest BCUT2D eigenvalue weighted by Gasteiger charge is 2.33. The second-order valence-corrected chi connectivity index (χ2v) is 6.11. The Bertz CT molecular complexity index is 430.